The molecule has 0 heterocycles. The lowest BCUT2D eigenvalue weighted by molar-refractivity contribution is -0.148. The van der Waals surface area contributed by atoms with Crippen molar-refractivity contribution in [3.8, 4) is 0 Å². The Labute approximate surface area is 44.7 Å². The number of halogens is 3. The molecule has 0 aromatic carbocycles. The highest BCUT2D eigenvalue weighted by molar-refractivity contribution is 4.94. The van der Waals surface area contributed by atoms with Crippen LogP contribution in [-0.2, 0) is 0 Å². The van der Waals surface area contributed by atoms with Crippen molar-refractivity contribution in [2.45, 2.75) is 18.6 Å². The second-order valence-corrected chi connectivity index (χ2v) is 2.05. The quantitative estimate of drug-likeness (QED) is 0.511. The van der Waals surface area contributed by atoms with Crippen LogP contribution in [0.5, 0.6) is 0 Å². The minimum Gasteiger partial charge on any atom is -0.327 e. The zero-order valence-electron chi connectivity index (χ0n) is 4.07. The minimum atomic E-state index is -4.04. The molecule has 8 heavy (non-hydrogen) atoms. The Bertz CT molecular complexity index is 97.9. The van der Waals surface area contributed by atoms with Crippen molar-refractivity contribution >= 4 is 0 Å². The van der Waals surface area contributed by atoms with Gasteiger partial charge in [-0.15, -0.1) is 0 Å². The van der Waals surface area contributed by atoms with Gasteiger partial charge in [-0.2, -0.15) is 13.2 Å². The molecule has 0 spiro atoms. The van der Waals surface area contributed by atoms with Crippen LogP contribution in [0.25, 0.3) is 0 Å². The van der Waals surface area contributed by atoms with Gasteiger partial charge in [-0.1, -0.05) is 0 Å². The highest BCUT2D eigenvalue weighted by Crippen LogP contribution is 2.42. The van der Waals surface area contributed by atoms with Crippen LogP contribution >= 0.6 is 0 Å². The first kappa shape index (κ1) is 5.88. The van der Waals surface area contributed by atoms with Gasteiger partial charge in [-0.3, -0.25) is 0 Å². The second-order valence-electron chi connectivity index (χ2n) is 2.05. The normalized spacial score (nSPS) is 37.5. The number of hydrogen-bond acceptors (Lipinski definition) is 1. The van der Waals surface area contributed by atoms with Crippen LogP contribution in [0.15, 0.2) is 0 Å². The summed E-state index contributed by atoms with van der Waals surface area (Å²) in [5.74, 6) is -1.21. The zero-order valence-corrected chi connectivity index (χ0v) is 4.07. The molecule has 0 radical (unpaired) electrons. The highest BCUT2D eigenvalue weighted by atomic mass is 19.4. The molecular formula is C4H6F3N. The summed E-state index contributed by atoms with van der Waals surface area (Å²) in [5.41, 5.74) is 4.93. The van der Waals surface area contributed by atoms with Gasteiger partial charge in [-0.05, 0) is 6.42 Å². The standard InChI is InChI=1S/C4H6F3N/c5-4(6,7)2-1-3(2)8/h2-3H,1,8H2/t2-,3-/m0/s1. The van der Waals surface area contributed by atoms with E-state index in [0.717, 1.165) is 0 Å². The van der Waals surface area contributed by atoms with E-state index in [4.69, 9.17) is 5.73 Å². The predicted molar refractivity (Wildman–Crippen MR) is 22.1 cm³/mol. The molecule has 0 saturated heterocycles. The van der Waals surface area contributed by atoms with E-state index in [1.165, 1.54) is 0 Å². The molecule has 2 atom stereocenters. The maximum Gasteiger partial charge on any atom is 0.393 e. The van der Waals surface area contributed by atoms with Crippen molar-refractivity contribution in [2.75, 3.05) is 0 Å². The van der Waals surface area contributed by atoms with E-state index in [1.54, 1.807) is 0 Å². The molecule has 48 valence electrons. The van der Waals surface area contributed by atoms with Crippen LogP contribution in [0.1, 0.15) is 6.42 Å². The molecule has 0 aromatic rings. The van der Waals surface area contributed by atoms with Gasteiger partial charge < -0.3 is 5.73 Å². The first-order chi connectivity index (χ1) is 3.52. The molecular weight excluding hydrogens is 119 g/mol. The van der Waals surface area contributed by atoms with Crippen LogP contribution in [0.3, 0.4) is 0 Å². The van der Waals surface area contributed by atoms with E-state index >= 15 is 0 Å². The molecule has 1 rings (SSSR count). The van der Waals surface area contributed by atoms with Crippen molar-refractivity contribution < 1.29 is 13.2 Å². The summed E-state index contributed by atoms with van der Waals surface area (Å²) in [7, 11) is 0. The molecule has 1 aliphatic rings. The number of alkyl halides is 3. The first-order valence-electron chi connectivity index (χ1n) is 2.34. The minimum absolute atomic E-state index is 0.115. The maximum absolute atomic E-state index is 11.4. The Kier molecular flexibility index (Phi) is 1.01. The third-order valence-corrected chi connectivity index (χ3v) is 1.26. The van der Waals surface area contributed by atoms with Crippen LogP contribution in [0, 0.1) is 5.92 Å². The van der Waals surface area contributed by atoms with Gasteiger partial charge in [0.15, 0.2) is 0 Å². The Hall–Kier alpha value is -0.250. The molecule has 0 aliphatic heterocycles. The molecule has 1 aliphatic carbocycles. The lowest BCUT2D eigenvalue weighted by Gasteiger charge is -2.00. The van der Waals surface area contributed by atoms with Crippen molar-refractivity contribution in [3.63, 3.8) is 0 Å². The van der Waals surface area contributed by atoms with Crippen LogP contribution in [0.4, 0.5) is 13.2 Å². The van der Waals surface area contributed by atoms with E-state index in [2.05, 4.69) is 0 Å². The fourth-order valence-electron chi connectivity index (χ4n) is 0.591. The monoisotopic (exact) mass is 125 g/mol. The van der Waals surface area contributed by atoms with Gasteiger partial charge in [0, 0.05) is 6.04 Å². The highest BCUT2D eigenvalue weighted by Gasteiger charge is 2.53. The summed E-state index contributed by atoms with van der Waals surface area (Å²) < 4.78 is 34.2. The Morgan fingerprint density at radius 3 is 1.75 bits per heavy atom. The van der Waals surface area contributed by atoms with Gasteiger partial charge in [0.1, 0.15) is 0 Å². The third-order valence-electron chi connectivity index (χ3n) is 1.26. The van der Waals surface area contributed by atoms with Crippen LogP contribution in [-0.4, -0.2) is 12.2 Å². The second kappa shape index (κ2) is 1.37. The van der Waals surface area contributed by atoms with Gasteiger partial charge in [0.25, 0.3) is 0 Å². The fourth-order valence-corrected chi connectivity index (χ4v) is 0.591. The van der Waals surface area contributed by atoms with Crippen molar-refractivity contribution in [2.24, 2.45) is 11.7 Å². The predicted octanol–water partition coefficient (Wildman–Crippen LogP) is 0.896. The number of rotatable bonds is 0. The largest absolute Gasteiger partial charge is 0.393 e. The average Bonchev–Trinajstić information content (AvgIpc) is 2.13. The van der Waals surface area contributed by atoms with E-state index in [1.807, 2.05) is 0 Å². The smallest absolute Gasteiger partial charge is 0.327 e. The van der Waals surface area contributed by atoms with E-state index in [0.29, 0.717) is 0 Å². The van der Waals surface area contributed by atoms with Crippen molar-refractivity contribution in [3.05, 3.63) is 0 Å². The van der Waals surface area contributed by atoms with Crippen molar-refractivity contribution in [1.29, 1.82) is 0 Å². The fraction of sp³-hybridized carbons (Fsp3) is 1.00. The van der Waals surface area contributed by atoms with E-state index in [-0.39, 0.29) is 6.42 Å². The van der Waals surface area contributed by atoms with Crippen molar-refractivity contribution in [1.82, 2.24) is 0 Å². The summed E-state index contributed by atoms with van der Waals surface area (Å²) in [6.07, 6.45) is -3.93. The van der Waals surface area contributed by atoms with Gasteiger partial charge >= 0.3 is 6.18 Å². The third kappa shape index (κ3) is 0.940. The Morgan fingerprint density at radius 1 is 1.38 bits per heavy atom. The summed E-state index contributed by atoms with van der Waals surface area (Å²) in [6, 6.07) is -0.616. The number of hydrogen-bond donors (Lipinski definition) is 1. The summed E-state index contributed by atoms with van der Waals surface area (Å²) in [6.45, 7) is 0. The lowest BCUT2D eigenvalue weighted by atomic mass is 10.4. The summed E-state index contributed by atoms with van der Waals surface area (Å²) in [5, 5.41) is 0. The number of nitrogens with two attached hydrogens (primary N) is 1. The molecule has 4 heteroatoms. The van der Waals surface area contributed by atoms with E-state index in [9.17, 15) is 13.2 Å². The van der Waals surface area contributed by atoms with Gasteiger partial charge in [0.05, 0.1) is 5.92 Å². The SMILES string of the molecule is N[C@H]1C[C@@H]1C(F)(F)F. The molecule has 0 aromatic heterocycles. The molecule has 0 unspecified atom stereocenters. The van der Waals surface area contributed by atoms with Gasteiger partial charge in [0.2, 0.25) is 0 Å². The molecule has 1 fully saturated rings. The Balaban J connectivity index is 2.39. The molecule has 1 nitrogen and oxygen atoms in total. The average molecular weight is 125 g/mol. The first-order valence-corrected chi connectivity index (χ1v) is 2.34. The zero-order chi connectivity index (χ0) is 6.36. The summed E-state index contributed by atoms with van der Waals surface area (Å²) in [4.78, 5) is 0. The lowest BCUT2D eigenvalue weighted by Crippen LogP contribution is -2.17. The molecule has 0 amide bonds. The van der Waals surface area contributed by atoms with Crippen LogP contribution in [0.2, 0.25) is 0 Å². The van der Waals surface area contributed by atoms with Crippen LogP contribution < -0.4 is 5.73 Å². The topological polar surface area (TPSA) is 26.0 Å². The summed E-state index contributed by atoms with van der Waals surface area (Å²) >= 11 is 0. The Morgan fingerprint density at radius 2 is 1.75 bits per heavy atom. The van der Waals surface area contributed by atoms with Gasteiger partial charge in [-0.25, -0.2) is 0 Å². The maximum atomic E-state index is 11.4. The molecule has 0 bridgehead atoms. The molecule has 2 N–H and O–H groups in total. The van der Waals surface area contributed by atoms with E-state index < -0.39 is 18.1 Å². The molecule has 1 saturated carbocycles.